The summed E-state index contributed by atoms with van der Waals surface area (Å²) in [6.07, 6.45) is -3.84. The van der Waals surface area contributed by atoms with Crippen molar-refractivity contribution in [1.82, 2.24) is 4.98 Å². The van der Waals surface area contributed by atoms with Gasteiger partial charge in [-0.2, -0.15) is 4.98 Å². The fourth-order valence-electron chi connectivity index (χ4n) is 2.58. The number of aromatic nitrogens is 1. The largest absolute Gasteiger partial charge is 0.574 e. The molecule has 0 bridgehead atoms. The van der Waals surface area contributed by atoms with Crippen LogP contribution in [0.1, 0.15) is 37.2 Å². The molecular weight excluding hydrogens is 307 g/mol. The van der Waals surface area contributed by atoms with E-state index in [1.54, 1.807) is 17.0 Å². The average molecular weight is 322 g/mol. The first-order valence-corrected chi connectivity index (χ1v) is 7.13. The van der Waals surface area contributed by atoms with Crippen LogP contribution < -0.4 is 9.64 Å². The Morgan fingerprint density at radius 2 is 1.77 bits per heavy atom. The van der Waals surface area contributed by atoms with E-state index < -0.39 is 18.2 Å². The van der Waals surface area contributed by atoms with Crippen molar-refractivity contribution < 1.29 is 26.7 Å². The Labute approximate surface area is 124 Å². The molecule has 22 heavy (non-hydrogen) atoms. The quantitative estimate of drug-likeness (QED) is 0.784. The number of piperidine rings is 1. The molecule has 1 saturated carbocycles. The van der Waals surface area contributed by atoms with Gasteiger partial charge >= 0.3 is 6.36 Å². The number of ether oxygens (including phenoxy) is 1. The van der Waals surface area contributed by atoms with Gasteiger partial charge in [0, 0.05) is 31.5 Å². The third-order valence-electron chi connectivity index (χ3n) is 3.92. The minimum absolute atomic E-state index is 0.0459. The molecular formula is C14H15F5N2O. The maximum absolute atomic E-state index is 13.2. The summed E-state index contributed by atoms with van der Waals surface area (Å²) in [5.41, 5.74) is 0.434. The van der Waals surface area contributed by atoms with E-state index in [0.29, 0.717) is 5.56 Å². The van der Waals surface area contributed by atoms with Gasteiger partial charge in [0.1, 0.15) is 5.82 Å². The normalized spacial score (nSPS) is 21.8. The SMILES string of the molecule is FC1(F)CCN(c2ccc(C3CC3)c(OC(F)(F)F)n2)CC1. The predicted octanol–water partition coefficient (Wildman–Crippen LogP) is 4.09. The Kier molecular flexibility index (Phi) is 3.65. The lowest BCUT2D eigenvalue weighted by Gasteiger charge is -2.32. The van der Waals surface area contributed by atoms with Crippen molar-refractivity contribution in [2.75, 3.05) is 18.0 Å². The smallest absolute Gasteiger partial charge is 0.387 e. The van der Waals surface area contributed by atoms with Crippen LogP contribution in [-0.2, 0) is 0 Å². The molecule has 122 valence electrons. The molecule has 1 aliphatic carbocycles. The van der Waals surface area contributed by atoms with E-state index >= 15 is 0 Å². The zero-order valence-corrected chi connectivity index (χ0v) is 11.7. The van der Waals surface area contributed by atoms with Gasteiger partial charge in [-0.3, -0.25) is 0 Å². The van der Waals surface area contributed by atoms with E-state index in [1.165, 1.54) is 0 Å². The van der Waals surface area contributed by atoms with Crippen LogP contribution >= 0.6 is 0 Å². The lowest BCUT2D eigenvalue weighted by molar-refractivity contribution is -0.276. The van der Waals surface area contributed by atoms with E-state index in [4.69, 9.17) is 0 Å². The van der Waals surface area contributed by atoms with E-state index in [-0.39, 0.29) is 37.7 Å². The van der Waals surface area contributed by atoms with Crippen molar-refractivity contribution in [1.29, 1.82) is 0 Å². The molecule has 0 N–H and O–H groups in total. The summed E-state index contributed by atoms with van der Waals surface area (Å²) in [5, 5.41) is 0. The van der Waals surface area contributed by atoms with Crippen molar-refractivity contribution in [3.8, 4) is 5.88 Å². The highest BCUT2D eigenvalue weighted by Gasteiger charge is 2.38. The lowest BCUT2D eigenvalue weighted by Crippen LogP contribution is -2.39. The Morgan fingerprint density at radius 3 is 2.32 bits per heavy atom. The summed E-state index contributed by atoms with van der Waals surface area (Å²) >= 11 is 0. The molecule has 2 aliphatic rings. The first-order chi connectivity index (χ1) is 10.2. The van der Waals surface area contributed by atoms with Gasteiger partial charge in [-0.25, -0.2) is 8.78 Å². The van der Waals surface area contributed by atoms with Crippen LogP contribution in [0.3, 0.4) is 0 Å². The molecule has 0 spiro atoms. The topological polar surface area (TPSA) is 25.4 Å². The van der Waals surface area contributed by atoms with Gasteiger partial charge in [-0.1, -0.05) is 0 Å². The summed E-state index contributed by atoms with van der Waals surface area (Å²) in [5.74, 6) is -2.87. The highest BCUT2D eigenvalue weighted by molar-refractivity contribution is 5.46. The molecule has 8 heteroatoms. The summed E-state index contributed by atoms with van der Waals surface area (Å²) < 4.78 is 67.8. The van der Waals surface area contributed by atoms with Gasteiger partial charge in [0.15, 0.2) is 0 Å². The second-order valence-electron chi connectivity index (χ2n) is 5.73. The summed E-state index contributed by atoms with van der Waals surface area (Å²) in [7, 11) is 0. The molecule has 0 aromatic carbocycles. The minimum atomic E-state index is -4.82. The highest BCUT2D eigenvalue weighted by Crippen LogP contribution is 2.45. The summed E-state index contributed by atoms with van der Waals surface area (Å²) in [6.45, 7) is 0.127. The standard InChI is InChI=1S/C14H15F5N2O/c15-13(16)5-7-21(8-6-13)11-4-3-10(9-1-2-9)12(20-11)22-14(17,18)19/h3-4,9H,1-2,5-8H2. The zero-order chi connectivity index (χ0) is 16.0. The molecule has 1 aromatic heterocycles. The molecule has 3 nitrogen and oxygen atoms in total. The highest BCUT2D eigenvalue weighted by atomic mass is 19.4. The molecule has 2 fully saturated rings. The zero-order valence-electron chi connectivity index (χ0n) is 11.7. The van der Waals surface area contributed by atoms with Crippen LogP contribution in [-0.4, -0.2) is 30.4 Å². The van der Waals surface area contributed by atoms with Crippen molar-refractivity contribution in [3.05, 3.63) is 17.7 Å². The second kappa shape index (κ2) is 5.24. The van der Waals surface area contributed by atoms with E-state index in [2.05, 4.69) is 9.72 Å². The van der Waals surface area contributed by atoms with Gasteiger partial charge in [0.2, 0.25) is 5.88 Å². The fourth-order valence-corrected chi connectivity index (χ4v) is 2.58. The first-order valence-electron chi connectivity index (χ1n) is 7.13. The number of hydrogen-bond acceptors (Lipinski definition) is 3. The van der Waals surface area contributed by atoms with Gasteiger partial charge < -0.3 is 9.64 Å². The Hall–Kier alpha value is -1.60. The van der Waals surface area contributed by atoms with Crippen LogP contribution in [0.5, 0.6) is 5.88 Å². The van der Waals surface area contributed by atoms with Crippen LogP contribution in [0.4, 0.5) is 27.8 Å². The Balaban J connectivity index is 1.82. The summed E-state index contributed by atoms with van der Waals surface area (Å²) in [4.78, 5) is 5.50. The number of pyridine rings is 1. The first kappa shape index (κ1) is 15.3. The lowest BCUT2D eigenvalue weighted by atomic mass is 10.1. The summed E-state index contributed by atoms with van der Waals surface area (Å²) in [6, 6.07) is 3.15. The Morgan fingerprint density at radius 1 is 1.14 bits per heavy atom. The minimum Gasteiger partial charge on any atom is -0.387 e. The fraction of sp³-hybridized carbons (Fsp3) is 0.643. The van der Waals surface area contributed by atoms with Gasteiger partial charge in [-0.15, -0.1) is 13.2 Å². The molecule has 0 atom stereocenters. The number of rotatable bonds is 3. The monoisotopic (exact) mass is 322 g/mol. The third-order valence-corrected chi connectivity index (χ3v) is 3.92. The average Bonchev–Trinajstić information content (AvgIpc) is 3.21. The Bertz CT molecular complexity index is 547. The van der Waals surface area contributed by atoms with E-state index in [1.807, 2.05) is 0 Å². The molecule has 0 radical (unpaired) electrons. The van der Waals surface area contributed by atoms with Crippen molar-refractivity contribution in [3.63, 3.8) is 0 Å². The van der Waals surface area contributed by atoms with Gasteiger partial charge in [0.25, 0.3) is 5.92 Å². The third kappa shape index (κ3) is 3.59. The van der Waals surface area contributed by atoms with Crippen molar-refractivity contribution in [2.24, 2.45) is 0 Å². The maximum Gasteiger partial charge on any atom is 0.574 e. The van der Waals surface area contributed by atoms with Crippen LogP contribution in [0.25, 0.3) is 0 Å². The predicted molar refractivity (Wildman–Crippen MR) is 69.3 cm³/mol. The molecule has 1 aromatic rings. The van der Waals surface area contributed by atoms with Crippen LogP contribution in [0.15, 0.2) is 12.1 Å². The molecule has 2 heterocycles. The maximum atomic E-state index is 13.2. The molecule has 0 unspecified atom stereocenters. The molecule has 1 saturated heterocycles. The van der Waals surface area contributed by atoms with Crippen molar-refractivity contribution >= 4 is 5.82 Å². The number of nitrogens with zero attached hydrogens (tertiary/aromatic N) is 2. The molecule has 1 aliphatic heterocycles. The number of halogens is 5. The second-order valence-corrected chi connectivity index (χ2v) is 5.73. The van der Waals surface area contributed by atoms with Gasteiger partial charge in [-0.05, 0) is 30.9 Å². The molecule has 0 amide bonds. The van der Waals surface area contributed by atoms with E-state index in [0.717, 1.165) is 12.8 Å². The van der Waals surface area contributed by atoms with Crippen LogP contribution in [0, 0.1) is 0 Å². The number of hydrogen-bond donors (Lipinski definition) is 0. The van der Waals surface area contributed by atoms with Crippen LogP contribution in [0.2, 0.25) is 0 Å². The number of anilines is 1. The van der Waals surface area contributed by atoms with Crippen molar-refractivity contribution in [2.45, 2.75) is 43.9 Å². The van der Waals surface area contributed by atoms with E-state index in [9.17, 15) is 22.0 Å². The number of alkyl halides is 5. The van der Waals surface area contributed by atoms with Gasteiger partial charge in [0.05, 0.1) is 0 Å². The molecule has 3 rings (SSSR count).